The summed E-state index contributed by atoms with van der Waals surface area (Å²) in [7, 11) is 0. The molecule has 4 rings (SSSR count). The van der Waals surface area contributed by atoms with Gasteiger partial charge in [-0.2, -0.15) is 0 Å². The quantitative estimate of drug-likeness (QED) is 0.270. The van der Waals surface area contributed by atoms with E-state index in [1.807, 2.05) is 0 Å². The number of rotatable bonds is 11. The average Bonchev–Trinajstić information content (AvgIpc) is 3.16. The van der Waals surface area contributed by atoms with Gasteiger partial charge in [-0.3, -0.25) is 0 Å². The van der Waals surface area contributed by atoms with E-state index in [0.717, 1.165) is 67.9 Å². The number of hydrogen-bond donors (Lipinski definition) is 3. The fourth-order valence-corrected chi connectivity index (χ4v) is 10.2. The lowest BCUT2D eigenvalue weighted by atomic mass is 9.43. The Morgan fingerprint density at radius 2 is 1.60 bits per heavy atom. The summed E-state index contributed by atoms with van der Waals surface area (Å²) in [5, 5.41) is 14.7. The van der Waals surface area contributed by atoms with Crippen LogP contribution in [-0.2, 0) is 0 Å². The molecule has 0 aliphatic heterocycles. The highest BCUT2D eigenvalue weighted by molar-refractivity contribution is 5.13. The van der Waals surface area contributed by atoms with Crippen molar-refractivity contribution in [2.75, 3.05) is 13.1 Å². The molecule has 0 amide bonds. The smallest absolute Gasteiger partial charge is 0.0543 e. The van der Waals surface area contributed by atoms with Crippen molar-refractivity contribution in [1.29, 1.82) is 0 Å². The molecule has 4 saturated carbocycles. The molecule has 0 spiro atoms. The summed E-state index contributed by atoms with van der Waals surface area (Å²) in [5.41, 5.74) is 6.74. The predicted octanol–water partition coefficient (Wildman–Crippen LogP) is 7.17. The highest BCUT2D eigenvalue weighted by Gasteiger charge is 2.62. The van der Waals surface area contributed by atoms with Gasteiger partial charge in [-0.15, -0.1) is 0 Å². The minimum Gasteiger partial charge on any atom is -0.393 e. The molecule has 204 valence electrons. The number of aliphatic hydroxyl groups is 1. The summed E-state index contributed by atoms with van der Waals surface area (Å²) in [6, 6.07) is 0.654. The van der Waals surface area contributed by atoms with Crippen molar-refractivity contribution >= 4 is 0 Å². The monoisotopic (exact) mass is 488 g/mol. The van der Waals surface area contributed by atoms with Gasteiger partial charge in [-0.05, 0) is 130 Å². The zero-order valence-corrected chi connectivity index (χ0v) is 24.0. The topological polar surface area (TPSA) is 58.3 Å². The van der Waals surface area contributed by atoms with Crippen molar-refractivity contribution in [3.8, 4) is 0 Å². The van der Waals surface area contributed by atoms with E-state index in [1.165, 1.54) is 70.6 Å². The molecular weight excluding hydrogens is 428 g/mol. The predicted molar refractivity (Wildman–Crippen MR) is 149 cm³/mol. The first-order valence-corrected chi connectivity index (χ1v) is 15.8. The minimum atomic E-state index is -0.0637. The van der Waals surface area contributed by atoms with Crippen LogP contribution in [0.15, 0.2) is 0 Å². The standard InChI is InChI=1S/C32H60N2O/c1-22(2)10-9-11-23(3)26-12-13-27-30-28(15-17-32(26,27)5)31(4)16-14-25(35)20-24(31)21-29(30)34-19-8-6-7-18-33/h22-30,34-35H,6-21,33H2,1-5H3/t23-,24-,25+,26-,27+,28+,29+,30+,31+,32-/m1/s1. The Balaban J connectivity index is 1.51. The zero-order valence-electron chi connectivity index (χ0n) is 24.0. The third kappa shape index (κ3) is 5.68. The molecule has 0 saturated heterocycles. The molecule has 0 radical (unpaired) electrons. The molecule has 10 atom stereocenters. The van der Waals surface area contributed by atoms with Crippen LogP contribution in [0.2, 0.25) is 0 Å². The number of nitrogens with two attached hydrogens (primary N) is 1. The summed E-state index contributed by atoms with van der Waals surface area (Å²) in [5.74, 6) is 5.92. The highest BCUT2D eigenvalue weighted by Crippen LogP contribution is 2.68. The van der Waals surface area contributed by atoms with Crippen LogP contribution in [0.3, 0.4) is 0 Å². The fraction of sp³-hybridized carbons (Fsp3) is 1.00. The van der Waals surface area contributed by atoms with Crippen molar-refractivity contribution in [3.05, 3.63) is 0 Å². The minimum absolute atomic E-state index is 0.0637. The van der Waals surface area contributed by atoms with E-state index in [-0.39, 0.29) is 6.10 Å². The Labute approximate surface area is 218 Å². The normalized spacial score (nSPS) is 44.1. The molecule has 0 aromatic rings. The van der Waals surface area contributed by atoms with Crippen molar-refractivity contribution in [2.24, 2.45) is 58.0 Å². The summed E-state index contributed by atoms with van der Waals surface area (Å²) in [6.07, 6.45) is 18.3. The molecular formula is C32H60N2O. The van der Waals surface area contributed by atoms with E-state index in [2.05, 4.69) is 39.9 Å². The second-order valence-corrected chi connectivity index (χ2v) is 14.6. The van der Waals surface area contributed by atoms with Crippen LogP contribution < -0.4 is 11.1 Å². The third-order valence-corrected chi connectivity index (χ3v) is 12.2. The number of fused-ring (bicyclic) bond motifs is 5. The summed E-state index contributed by atoms with van der Waals surface area (Å²) < 4.78 is 0. The van der Waals surface area contributed by atoms with E-state index in [1.54, 1.807) is 0 Å². The van der Waals surface area contributed by atoms with Gasteiger partial charge in [0.25, 0.3) is 0 Å². The van der Waals surface area contributed by atoms with Gasteiger partial charge >= 0.3 is 0 Å². The van der Waals surface area contributed by atoms with E-state index in [4.69, 9.17) is 5.73 Å². The van der Waals surface area contributed by atoms with Crippen LogP contribution in [0.25, 0.3) is 0 Å². The Bertz CT molecular complexity index is 666. The lowest BCUT2D eigenvalue weighted by molar-refractivity contribution is -0.142. The van der Waals surface area contributed by atoms with Crippen LogP contribution in [0.5, 0.6) is 0 Å². The lowest BCUT2D eigenvalue weighted by Crippen LogP contribution is -2.61. The second-order valence-electron chi connectivity index (χ2n) is 14.6. The first kappa shape index (κ1) is 27.9. The SMILES string of the molecule is CC(C)CCC[C@@H](C)[C@H]1CC[C@H]2[C@@H]3[C@@H](NCCCCCN)C[C@H]4C[C@@H](O)CC[C@]4(C)[C@H]3CC[C@]12C. The van der Waals surface area contributed by atoms with Gasteiger partial charge in [0.05, 0.1) is 6.10 Å². The summed E-state index contributed by atoms with van der Waals surface area (Å²) >= 11 is 0. The van der Waals surface area contributed by atoms with Gasteiger partial charge in [-0.1, -0.05) is 60.3 Å². The molecule has 4 fully saturated rings. The number of aliphatic hydroxyl groups excluding tert-OH is 1. The van der Waals surface area contributed by atoms with Crippen LogP contribution in [0.1, 0.15) is 125 Å². The van der Waals surface area contributed by atoms with Gasteiger partial charge in [0.15, 0.2) is 0 Å². The van der Waals surface area contributed by atoms with E-state index in [0.29, 0.717) is 22.8 Å². The highest BCUT2D eigenvalue weighted by atomic mass is 16.3. The van der Waals surface area contributed by atoms with Gasteiger partial charge in [0.2, 0.25) is 0 Å². The van der Waals surface area contributed by atoms with Crippen LogP contribution in [-0.4, -0.2) is 30.3 Å². The van der Waals surface area contributed by atoms with Crippen molar-refractivity contribution < 1.29 is 5.11 Å². The van der Waals surface area contributed by atoms with Crippen LogP contribution in [0.4, 0.5) is 0 Å². The maximum atomic E-state index is 10.6. The van der Waals surface area contributed by atoms with Crippen LogP contribution in [0, 0.1) is 52.3 Å². The molecule has 0 heterocycles. The van der Waals surface area contributed by atoms with E-state index < -0.39 is 0 Å². The Morgan fingerprint density at radius 3 is 2.34 bits per heavy atom. The number of nitrogens with one attached hydrogen (secondary N) is 1. The maximum Gasteiger partial charge on any atom is 0.0543 e. The Hall–Kier alpha value is -0.120. The van der Waals surface area contributed by atoms with Gasteiger partial charge in [0.1, 0.15) is 0 Å². The van der Waals surface area contributed by atoms with Crippen LogP contribution >= 0.6 is 0 Å². The molecule has 4 N–H and O–H groups in total. The molecule has 0 unspecified atom stereocenters. The number of unbranched alkanes of at least 4 members (excludes halogenated alkanes) is 2. The van der Waals surface area contributed by atoms with Gasteiger partial charge in [-0.25, -0.2) is 0 Å². The first-order valence-electron chi connectivity index (χ1n) is 15.8. The average molecular weight is 489 g/mol. The Kier molecular flexibility index (Phi) is 9.35. The van der Waals surface area contributed by atoms with Crippen molar-refractivity contribution in [3.63, 3.8) is 0 Å². The lowest BCUT2D eigenvalue weighted by Gasteiger charge is -2.63. The maximum absolute atomic E-state index is 10.6. The van der Waals surface area contributed by atoms with E-state index >= 15 is 0 Å². The molecule has 3 nitrogen and oxygen atoms in total. The molecule has 0 aromatic carbocycles. The largest absolute Gasteiger partial charge is 0.393 e. The summed E-state index contributed by atoms with van der Waals surface area (Å²) in [6.45, 7) is 14.7. The number of hydrogen-bond acceptors (Lipinski definition) is 3. The second kappa shape index (κ2) is 11.7. The molecule has 4 aliphatic carbocycles. The molecule has 3 heteroatoms. The first-order chi connectivity index (χ1) is 16.7. The molecule has 0 bridgehead atoms. The van der Waals surface area contributed by atoms with Gasteiger partial charge < -0.3 is 16.2 Å². The molecule has 4 aliphatic rings. The van der Waals surface area contributed by atoms with Gasteiger partial charge in [0, 0.05) is 6.04 Å². The molecule has 0 aromatic heterocycles. The van der Waals surface area contributed by atoms with Crippen molar-refractivity contribution in [1.82, 2.24) is 5.32 Å². The van der Waals surface area contributed by atoms with Crippen molar-refractivity contribution in [2.45, 2.75) is 137 Å². The van der Waals surface area contributed by atoms with E-state index in [9.17, 15) is 5.11 Å². The third-order valence-electron chi connectivity index (χ3n) is 12.2. The fourth-order valence-electron chi connectivity index (χ4n) is 10.2. The zero-order chi connectivity index (χ0) is 25.2. The Morgan fingerprint density at radius 1 is 0.857 bits per heavy atom. The molecule has 35 heavy (non-hydrogen) atoms. The summed E-state index contributed by atoms with van der Waals surface area (Å²) in [4.78, 5) is 0.